The van der Waals surface area contributed by atoms with Gasteiger partial charge in [-0.2, -0.15) is 0 Å². The Morgan fingerprint density at radius 1 is 1.10 bits per heavy atom. The van der Waals surface area contributed by atoms with Gasteiger partial charge in [0.2, 0.25) is 11.8 Å². The van der Waals surface area contributed by atoms with Crippen LogP contribution < -0.4 is 5.32 Å². The molecular formula is C7H9NO2. The zero-order valence-electron chi connectivity index (χ0n) is 5.59. The molecule has 1 N–H and O–H groups in total. The van der Waals surface area contributed by atoms with E-state index in [9.17, 15) is 9.59 Å². The van der Waals surface area contributed by atoms with Crippen molar-refractivity contribution in [2.75, 3.05) is 0 Å². The summed E-state index contributed by atoms with van der Waals surface area (Å²) in [5.74, 6) is -0.0556. The van der Waals surface area contributed by atoms with Crippen molar-refractivity contribution in [2.45, 2.75) is 19.3 Å². The lowest BCUT2D eigenvalue weighted by Gasteiger charge is -1.98. The highest BCUT2D eigenvalue weighted by Crippen LogP contribution is 2.35. The van der Waals surface area contributed by atoms with Gasteiger partial charge < -0.3 is 0 Å². The summed E-state index contributed by atoms with van der Waals surface area (Å²) in [5.41, 5.74) is 0. The van der Waals surface area contributed by atoms with Crippen LogP contribution in [0.25, 0.3) is 0 Å². The van der Waals surface area contributed by atoms with Gasteiger partial charge in [0.15, 0.2) is 0 Å². The Balaban J connectivity index is 2.27. The molecule has 2 fully saturated rings. The molecule has 0 aromatic rings. The summed E-state index contributed by atoms with van der Waals surface area (Å²) in [6.45, 7) is 0. The van der Waals surface area contributed by atoms with Crippen LogP contribution in [-0.4, -0.2) is 11.8 Å². The molecule has 0 radical (unpaired) electrons. The molecule has 0 aromatic carbocycles. The number of rotatable bonds is 0. The van der Waals surface area contributed by atoms with Gasteiger partial charge in [-0.15, -0.1) is 0 Å². The number of carbonyl (C=O) groups is 2. The van der Waals surface area contributed by atoms with Crippen LogP contribution in [0, 0.1) is 11.8 Å². The SMILES string of the molecule is O=C1NC(=O)C2CCCC12. The molecule has 54 valence electrons. The standard InChI is InChI=1S/C7H9NO2/c9-6-4-2-1-3-5(4)7(10)8-6/h4-5H,1-3H2,(H,8,9,10). The first-order valence-electron chi connectivity index (χ1n) is 3.64. The fourth-order valence-electron chi connectivity index (χ4n) is 1.89. The molecule has 2 unspecified atom stereocenters. The smallest absolute Gasteiger partial charge is 0.230 e. The van der Waals surface area contributed by atoms with E-state index in [1.807, 2.05) is 0 Å². The normalized spacial score (nSPS) is 38.0. The summed E-state index contributed by atoms with van der Waals surface area (Å²) in [6.07, 6.45) is 2.85. The molecule has 2 rings (SSSR count). The number of hydrogen-bond donors (Lipinski definition) is 1. The maximum absolute atomic E-state index is 10.9. The van der Waals surface area contributed by atoms with Gasteiger partial charge in [0.05, 0.1) is 0 Å². The molecular weight excluding hydrogens is 130 g/mol. The highest BCUT2D eigenvalue weighted by molar-refractivity contribution is 6.05. The average molecular weight is 139 g/mol. The highest BCUT2D eigenvalue weighted by Gasteiger charge is 2.44. The minimum atomic E-state index is -0.0486. The lowest BCUT2D eigenvalue weighted by Crippen LogP contribution is -2.23. The summed E-state index contributed by atoms with van der Waals surface area (Å²) >= 11 is 0. The molecule has 1 saturated heterocycles. The molecule has 0 spiro atoms. The second-order valence-corrected chi connectivity index (χ2v) is 3.00. The van der Waals surface area contributed by atoms with E-state index < -0.39 is 0 Å². The van der Waals surface area contributed by atoms with Crippen molar-refractivity contribution in [3.63, 3.8) is 0 Å². The van der Waals surface area contributed by atoms with Gasteiger partial charge in [-0.05, 0) is 12.8 Å². The van der Waals surface area contributed by atoms with Gasteiger partial charge >= 0.3 is 0 Å². The first kappa shape index (κ1) is 5.89. The third kappa shape index (κ3) is 0.602. The Morgan fingerprint density at radius 2 is 1.60 bits per heavy atom. The predicted octanol–water partition coefficient (Wildman–Crippen LogP) is 0.0591. The number of fused-ring (bicyclic) bond motifs is 1. The van der Waals surface area contributed by atoms with Crippen LogP contribution in [0.4, 0.5) is 0 Å². The molecule has 3 nitrogen and oxygen atoms in total. The molecule has 1 aliphatic heterocycles. The third-order valence-electron chi connectivity index (χ3n) is 2.44. The zero-order chi connectivity index (χ0) is 7.14. The van der Waals surface area contributed by atoms with Crippen LogP contribution in [0.1, 0.15) is 19.3 Å². The molecule has 0 aromatic heterocycles. The van der Waals surface area contributed by atoms with E-state index in [1.54, 1.807) is 0 Å². The van der Waals surface area contributed by atoms with Crippen molar-refractivity contribution in [3.8, 4) is 0 Å². The van der Waals surface area contributed by atoms with E-state index in [-0.39, 0.29) is 23.7 Å². The van der Waals surface area contributed by atoms with Crippen LogP contribution in [-0.2, 0) is 9.59 Å². The Labute approximate surface area is 58.8 Å². The van der Waals surface area contributed by atoms with Crippen molar-refractivity contribution in [3.05, 3.63) is 0 Å². The minimum absolute atomic E-state index is 0.0208. The number of nitrogens with one attached hydrogen (secondary N) is 1. The largest absolute Gasteiger partial charge is 0.296 e. The molecule has 3 heteroatoms. The fourth-order valence-corrected chi connectivity index (χ4v) is 1.89. The first-order valence-corrected chi connectivity index (χ1v) is 3.64. The van der Waals surface area contributed by atoms with E-state index in [0.29, 0.717) is 0 Å². The Kier molecular flexibility index (Phi) is 1.07. The van der Waals surface area contributed by atoms with Crippen molar-refractivity contribution in [2.24, 2.45) is 11.8 Å². The van der Waals surface area contributed by atoms with E-state index in [4.69, 9.17) is 0 Å². The quantitative estimate of drug-likeness (QED) is 0.482. The summed E-state index contributed by atoms with van der Waals surface area (Å²) in [4.78, 5) is 21.9. The Bertz CT molecular complexity index is 180. The topological polar surface area (TPSA) is 46.2 Å². The number of amides is 2. The molecule has 0 bridgehead atoms. The zero-order valence-corrected chi connectivity index (χ0v) is 5.59. The van der Waals surface area contributed by atoms with Crippen molar-refractivity contribution in [1.82, 2.24) is 5.32 Å². The van der Waals surface area contributed by atoms with Crippen molar-refractivity contribution >= 4 is 11.8 Å². The van der Waals surface area contributed by atoms with Crippen LogP contribution in [0.3, 0.4) is 0 Å². The lowest BCUT2D eigenvalue weighted by atomic mass is 10.00. The van der Waals surface area contributed by atoms with Gasteiger partial charge in [0.1, 0.15) is 0 Å². The fraction of sp³-hybridized carbons (Fsp3) is 0.714. The van der Waals surface area contributed by atoms with Gasteiger partial charge in [0, 0.05) is 11.8 Å². The molecule has 1 aliphatic carbocycles. The predicted molar refractivity (Wildman–Crippen MR) is 34.0 cm³/mol. The number of carbonyl (C=O) groups excluding carboxylic acids is 2. The highest BCUT2D eigenvalue weighted by atomic mass is 16.2. The molecule has 1 heterocycles. The summed E-state index contributed by atoms with van der Waals surface area (Å²) in [5, 5.41) is 2.34. The Morgan fingerprint density at radius 3 is 2.10 bits per heavy atom. The number of imide groups is 1. The summed E-state index contributed by atoms with van der Waals surface area (Å²) in [7, 11) is 0. The Hall–Kier alpha value is -0.860. The summed E-state index contributed by atoms with van der Waals surface area (Å²) < 4.78 is 0. The van der Waals surface area contributed by atoms with E-state index in [2.05, 4.69) is 5.32 Å². The van der Waals surface area contributed by atoms with E-state index in [1.165, 1.54) is 0 Å². The van der Waals surface area contributed by atoms with Crippen molar-refractivity contribution < 1.29 is 9.59 Å². The van der Waals surface area contributed by atoms with Gasteiger partial charge in [-0.1, -0.05) is 6.42 Å². The molecule has 2 atom stereocenters. The lowest BCUT2D eigenvalue weighted by molar-refractivity contribution is -0.126. The molecule has 1 saturated carbocycles. The second-order valence-electron chi connectivity index (χ2n) is 3.00. The van der Waals surface area contributed by atoms with Gasteiger partial charge in [0.25, 0.3) is 0 Å². The first-order chi connectivity index (χ1) is 4.79. The van der Waals surface area contributed by atoms with Crippen LogP contribution in [0.15, 0.2) is 0 Å². The number of hydrogen-bond acceptors (Lipinski definition) is 2. The van der Waals surface area contributed by atoms with Gasteiger partial charge in [-0.3, -0.25) is 14.9 Å². The molecule has 2 amide bonds. The molecule has 2 aliphatic rings. The van der Waals surface area contributed by atoms with Crippen molar-refractivity contribution in [1.29, 1.82) is 0 Å². The minimum Gasteiger partial charge on any atom is -0.296 e. The second kappa shape index (κ2) is 1.81. The van der Waals surface area contributed by atoms with E-state index >= 15 is 0 Å². The summed E-state index contributed by atoms with van der Waals surface area (Å²) in [6, 6.07) is 0. The van der Waals surface area contributed by atoms with Crippen LogP contribution in [0.5, 0.6) is 0 Å². The van der Waals surface area contributed by atoms with E-state index in [0.717, 1.165) is 19.3 Å². The van der Waals surface area contributed by atoms with Gasteiger partial charge in [-0.25, -0.2) is 0 Å². The maximum Gasteiger partial charge on any atom is 0.230 e. The van der Waals surface area contributed by atoms with Crippen LogP contribution in [0.2, 0.25) is 0 Å². The van der Waals surface area contributed by atoms with Crippen LogP contribution >= 0.6 is 0 Å². The third-order valence-corrected chi connectivity index (χ3v) is 2.44. The molecule has 10 heavy (non-hydrogen) atoms. The maximum atomic E-state index is 10.9. The monoisotopic (exact) mass is 139 g/mol. The average Bonchev–Trinajstić information content (AvgIpc) is 2.39.